The maximum Gasteiger partial charge on any atom is 0.122 e. The standard InChI is InChI=1S/C20H23NO/c1-3-17-14-18(12-13-20(17)22-2)19(15-21)11-7-10-16-8-5-4-6-9-16/h4-6,8-9,12-14,19H,3,7,10-11H2,1-2H3. The molecule has 2 heteroatoms. The van der Waals surface area contributed by atoms with Gasteiger partial charge >= 0.3 is 0 Å². The Bertz CT molecular complexity index is 628. The molecule has 0 aromatic heterocycles. The van der Waals surface area contributed by atoms with E-state index in [4.69, 9.17) is 4.74 Å². The second kappa shape index (κ2) is 8.24. The van der Waals surface area contributed by atoms with Gasteiger partial charge in [-0.1, -0.05) is 49.4 Å². The van der Waals surface area contributed by atoms with Crippen LogP contribution >= 0.6 is 0 Å². The molecule has 0 heterocycles. The molecule has 1 atom stereocenters. The van der Waals surface area contributed by atoms with Crippen molar-refractivity contribution in [1.82, 2.24) is 0 Å². The molecule has 0 aliphatic carbocycles. The van der Waals surface area contributed by atoms with E-state index in [0.717, 1.165) is 37.0 Å². The zero-order valence-electron chi connectivity index (χ0n) is 13.4. The van der Waals surface area contributed by atoms with Gasteiger partial charge in [0.2, 0.25) is 0 Å². The largest absolute Gasteiger partial charge is 0.496 e. The van der Waals surface area contributed by atoms with Crippen LogP contribution in [-0.4, -0.2) is 7.11 Å². The quantitative estimate of drug-likeness (QED) is 0.728. The van der Waals surface area contributed by atoms with Crippen LogP contribution in [0.1, 0.15) is 42.4 Å². The highest BCUT2D eigenvalue weighted by Crippen LogP contribution is 2.27. The highest BCUT2D eigenvalue weighted by atomic mass is 16.5. The monoisotopic (exact) mass is 293 g/mol. The molecule has 0 saturated carbocycles. The SMILES string of the molecule is CCc1cc(C(C#N)CCCc2ccccc2)ccc1OC. The molecular formula is C20H23NO. The molecule has 2 aromatic rings. The van der Waals surface area contributed by atoms with Crippen molar-refractivity contribution in [2.45, 2.75) is 38.5 Å². The Labute approximate surface area is 133 Å². The third kappa shape index (κ3) is 4.11. The highest BCUT2D eigenvalue weighted by Gasteiger charge is 2.12. The molecule has 0 N–H and O–H groups in total. The maximum atomic E-state index is 9.49. The van der Waals surface area contributed by atoms with Gasteiger partial charge in [-0.2, -0.15) is 5.26 Å². The van der Waals surface area contributed by atoms with Crippen molar-refractivity contribution in [3.05, 3.63) is 65.2 Å². The van der Waals surface area contributed by atoms with Crippen molar-refractivity contribution < 1.29 is 4.74 Å². The van der Waals surface area contributed by atoms with Gasteiger partial charge in [-0.15, -0.1) is 0 Å². The van der Waals surface area contributed by atoms with Gasteiger partial charge in [-0.3, -0.25) is 0 Å². The van der Waals surface area contributed by atoms with Crippen LogP contribution in [0.3, 0.4) is 0 Å². The van der Waals surface area contributed by atoms with Crippen LogP contribution < -0.4 is 4.74 Å². The van der Waals surface area contributed by atoms with Gasteiger partial charge in [-0.25, -0.2) is 0 Å². The zero-order chi connectivity index (χ0) is 15.8. The lowest BCUT2D eigenvalue weighted by Crippen LogP contribution is -2.00. The summed E-state index contributed by atoms with van der Waals surface area (Å²) < 4.78 is 5.36. The van der Waals surface area contributed by atoms with Crippen LogP contribution in [0.2, 0.25) is 0 Å². The first kappa shape index (κ1) is 16.1. The van der Waals surface area contributed by atoms with Gasteiger partial charge in [0.15, 0.2) is 0 Å². The lowest BCUT2D eigenvalue weighted by Gasteiger charge is -2.13. The lowest BCUT2D eigenvalue weighted by molar-refractivity contribution is 0.410. The first-order chi connectivity index (χ1) is 10.8. The van der Waals surface area contributed by atoms with Gasteiger partial charge < -0.3 is 4.74 Å². The molecule has 114 valence electrons. The molecule has 0 amide bonds. The van der Waals surface area contributed by atoms with E-state index in [-0.39, 0.29) is 5.92 Å². The van der Waals surface area contributed by atoms with Crippen LogP contribution in [0.5, 0.6) is 5.75 Å². The maximum absolute atomic E-state index is 9.49. The second-order valence-corrected chi connectivity index (χ2v) is 5.48. The molecule has 0 spiro atoms. The van der Waals surface area contributed by atoms with E-state index < -0.39 is 0 Å². The molecule has 2 rings (SSSR count). The third-order valence-corrected chi connectivity index (χ3v) is 4.04. The van der Waals surface area contributed by atoms with Crippen LogP contribution in [0, 0.1) is 11.3 Å². The van der Waals surface area contributed by atoms with E-state index in [0.29, 0.717) is 0 Å². The summed E-state index contributed by atoms with van der Waals surface area (Å²) >= 11 is 0. The Morgan fingerprint density at radius 2 is 1.91 bits per heavy atom. The van der Waals surface area contributed by atoms with Crippen LogP contribution in [0.25, 0.3) is 0 Å². The molecule has 2 nitrogen and oxygen atoms in total. The van der Waals surface area contributed by atoms with Crippen molar-refractivity contribution in [1.29, 1.82) is 5.26 Å². The number of rotatable bonds is 7. The predicted molar refractivity (Wildman–Crippen MR) is 90.1 cm³/mol. The first-order valence-electron chi connectivity index (χ1n) is 7.88. The summed E-state index contributed by atoms with van der Waals surface area (Å²) in [6.07, 6.45) is 3.85. The lowest BCUT2D eigenvalue weighted by atomic mass is 9.92. The average molecular weight is 293 g/mol. The summed E-state index contributed by atoms with van der Waals surface area (Å²) in [5, 5.41) is 9.49. The zero-order valence-corrected chi connectivity index (χ0v) is 13.4. The summed E-state index contributed by atoms with van der Waals surface area (Å²) in [6.45, 7) is 2.11. The topological polar surface area (TPSA) is 33.0 Å². The fraction of sp³-hybridized carbons (Fsp3) is 0.350. The fourth-order valence-corrected chi connectivity index (χ4v) is 2.75. The van der Waals surface area contributed by atoms with E-state index in [1.54, 1.807) is 7.11 Å². The van der Waals surface area contributed by atoms with Crippen molar-refractivity contribution in [3.8, 4) is 11.8 Å². The van der Waals surface area contributed by atoms with Crippen molar-refractivity contribution in [3.63, 3.8) is 0 Å². The Hall–Kier alpha value is -2.27. The number of nitrogens with zero attached hydrogens (tertiary/aromatic N) is 1. The number of hydrogen-bond donors (Lipinski definition) is 0. The predicted octanol–water partition coefficient (Wildman–Crippen LogP) is 4.89. The summed E-state index contributed by atoms with van der Waals surface area (Å²) in [7, 11) is 1.69. The molecule has 0 fully saturated rings. The molecule has 2 aromatic carbocycles. The molecule has 0 bridgehead atoms. The molecule has 1 unspecified atom stereocenters. The number of hydrogen-bond acceptors (Lipinski definition) is 2. The van der Waals surface area contributed by atoms with Crippen molar-refractivity contribution in [2.75, 3.05) is 7.11 Å². The Morgan fingerprint density at radius 1 is 1.14 bits per heavy atom. The molecule has 0 aliphatic heterocycles. The number of nitriles is 1. The Kier molecular flexibility index (Phi) is 6.03. The first-order valence-corrected chi connectivity index (χ1v) is 7.88. The van der Waals surface area contributed by atoms with E-state index in [9.17, 15) is 5.26 Å². The minimum Gasteiger partial charge on any atom is -0.496 e. The van der Waals surface area contributed by atoms with Crippen molar-refractivity contribution in [2.24, 2.45) is 0 Å². The van der Waals surface area contributed by atoms with Gasteiger partial charge in [0.05, 0.1) is 19.1 Å². The van der Waals surface area contributed by atoms with E-state index in [2.05, 4.69) is 43.3 Å². The van der Waals surface area contributed by atoms with Crippen LogP contribution in [0.4, 0.5) is 0 Å². The van der Waals surface area contributed by atoms with Gasteiger partial charge in [-0.05, 0) is 48.4 Å². The fourth-order valence-electron chi connectivity index (χ4n) is 2.75. The van der Waals surface area contributed by atoms with Crippen LogP contribution in [0.15, 0.2) is 48.5 Å². The average Bonchev–Trinajstić information content (AvgIpc) is 2.59. The number of aryl methyl sites for hydroxylation is 2. The summed E-state index contributed by atoms with van der Waals surface area (Å²) in [5.41, 5.74) is 3.61. The van der Waals surface area contributed by atoms with E-state index in [1.807, 2.05) is 18.2 Å². The highest BCUT2D eigenvalue weighted by molar-refractivity contribution is 5.40. The van der Waals surface area contributed by atoms with Crippen LogP contribution in [-0.2, 0) is 12.8 Å². The smallest absolute Gasteiger partial charge is 0.122 e. The third-order valence-electron chi connectivity index (χ3n) is 4.04. The molecule has 0 radical (unpaired) electrons. The Morgan fingerprint density at radius 3 is 2.55 bits per heavy atom. The molecule has 22 heavy (non-hydrogen) atoms. The van der Waals surface area contributed by atoms with Gasteiger partial charge in [0.25, 0.3) is 0 Å². The second-order valence-electron chi connectivity index (χ2n) is 5.48. The molecule has 0 saturated heterocycles. The summed E-state index contributed by atoms with van der Waals surface area (Å²) in [4.78, 5) is 0. The summed E-state index contributed by atoms with van der Waals surface area (Å²) in [6, 6.07) is 19.0. The van der Waals surface area contributed by atoms with Crippen molar-refractivity contribution >= 4 is 0 Å². The van der Waals surface area contributed by atoms with E-state index in [1.165, 1.54) is 11.1 Å². The number of ether oxygens (including phenoxy) is 1. The minimum absolute atomic E-state index is 0.0417. The summed E-state index contributed by atoms with van der Waals surface area (Å²) in [5.74, 6) is 0.868. The minimum atomic E-state index is -0.0417. The number of methoxy groups -OCH3 is 1. The Balaban J connectivity index is 2.01. The molecule has 0 aliphatic rings. The molecular weight excluding hydrogens is 270 g/mol. The van der Waals surface area contributed by atoms with E-state index >= 15 is 0 Å². The normalized spacial score (nSPS) is 11.7. The van der Waals surface area contributed by atoms with Gasteiger partial charge in [0, 0.05) is 0 Å². The van der Waals surface area contributed by atoms with Gasteiger partial charge in [0.1, 0.15) is 5.75 Å². The number of benzene rings is 2.